The maximum absolute atomic E-state index is 14.1. The van der Waals surface area contributed by atoms with E-state index in [2.05, 4.69) is 36.4 Å². The lowest BCUT2D eigenvalue weighted by molar-refractivity contribution is -0.144. The predicted octanol–water partition coefficient (Wildman–Crippen LogP) is 3.63. The van der Waals surface area contributed by atoms with E-state index in [9.17, 15) is 24.0 Å². The Labute approximate surface area is 244 Å². The molecule has 0 aromatic carbocycles. The first-order valence-electron chi connectivity index (χ1n) is 15.3. The fourth-order valence-electron chi connectivity index (χ4n) is 6.58. The molecule has 1 aliphatic carbocycles. The van der Waals surface area contributed by atoms with Crippen LogP contribution in [0.5, 0.6) is 0 Å². The van der Waals surface area contributed by atoms with Crippen LogP contribution in [0.1, 0.15) is 98.8 Å². The van der Waals surface area contributed by atoms with Gasteiger partial charge in [-0.15, -0.1) is 6.58 Å². The highest BCUT2D eigenvalue weighted by atomic mass is 16.6. The largest absolute Gasteiger partial charge is 0.444 e. The van der Waals surface area contributed by atoms with Gasteiger partial charge in [0.25, 0.3) is 5.91 Å². The van der Waals surface area contributed by atoms with E-state index in [1.165, 1.54) is 6.08 Å². The van der Waals surface area contributed by atoms with Crippen LogP contribution in [0.4, 0.5) is 4.79 Å². The molecule has 2 heterocycles. The molecule has 0 bridgehead atoms. The van der Waals surface area contributed by atoms with Gasteiger partial charge in [0.15, 0.2) is 0 Å². The zero-order valence-corrected chi connectivity index (χ0v) is 25.6. The van der Waals surface area contributed by atoms with Gasteiger partial charge < -0.3 is 25.6 Å². The van der Waals surface area contributed by atoms with Crippen molar-refractivity contribution in [1.29, 1.82) is 0 Å². The summed E-state index contributed by atoms with van der Waals surface area (Å²) in [5.74, 6) is -2.10. The topological polar surface area (TPSA) is 134 Å². The number of Topliss-reactive ketones (excluding diaryl/α,β-unsaturated/α-hetero) is 1. The summed E-state index contributed by atoms with van der Waals surface area (Å²) in [5.41, 5.74) is -0.755. The molecule has 5 atom stereocenters. The Hall–Kier alpha value is -2.91. The maximum atomic E-state index is 14.1. The molecule has 10 nitrogen and oxygen atoms in total. The third kappa shape index (κ3) is 8.55. The summed E-state index contributed by atoms with van der Waals surface area (Å²) in [7, 11) is 0. The van der Waals surface area contributed by atoms with E-state index in [0.717, 1.165) is 44.9 Å². The van der Waals surface area contributed by atoms with Crippen LogP contribution in [0, 0.1) is 17.3 Å². The lowest BCUT2D eigenvalue weighted by Gasteiger charge is -2.48. The minimum absolute atomic E-state index is 0.0368. The first-order chi connectivity index (χ1) is 19.2. The first kappa shape index (κ1) is 32.6. The number of ether oxygens (including phenoxy) is 1. The van der Waals surface area contributed by atoms with Gasteiger partial charge in [-0.25, -0.2) is 4.79 Å². The molecule has 3 aliphatic rings. The molecule has 3 N–H and O–H groups in total. The molecule has 0 radical (unpaired) electrons. The van der Waals surface area contributed by atoms with Gasteiger partial charge in [0.2, 0.25) is 17.6 Å². The van der Waals surface area contributed by atoms with Crippen molar-refractivity contribution in [1.82, 2.24) is 20.9 Å². The third-order valence-electron chi connectivity index (χ3n) is 8.71. The molecule has 41 heavy (non-hydrogen) atoms. The average molecular weight is 575 g/mol. The SMILES string of the molecule is C=CCNC(=O)C(=O)[C@@H]1CCCCCCCCC[C@H](NC(=O)OC(C)(C)C)C(=O)N2C[C@H]3C(CC3(C)C)C2C(=O)N1. The van der Waals surface area contributed by atoms with E-state index in [-0.39, 0.29) is 29.7 Å². The summed E-state index contributed by atoms with van der Waals surface area (Å²) < 4.78 is 5.46. The lowest BCUT2D eigenvalue weighted by atomic mass is 9.55. The summed E-state index contributed by atoms with van der Waals surface area (Å²) in [6.45, 7) is 13.7. The highest BCUT2D eigenvalue weighted by Crippen LogP contribution is 2.57. The van der Waals surface area contributed by atoms with Gasteiger partial charge in [0.1, 0.15) is 17.7 Å². The molecule has 4 amide bonds. The van der Waals surface area contributed by atoms with E-state index in [1.807, 2.05) is 0 Å². The van der Waals surface area contributed by atoms with Crippen LogP contribution in [0.3, 0.4) is 0 Å². The fourth-order valence-corrected chi connectivity index (χ4v) is 6.58. The number of hydrogen-bond acceptors (Lipinski definition) is 6. The summed E-state index contributed by atoms with van der Waals surface area (Å²) in [4.78, 5) is 67.9. The minimum Gasteiger partial charge on any atom is -0.444 e. The van der Waals surface area contributed by atoms with E-state index in [0.29, 0.717) is 25.8 Å². The van der Waals surface area contributed by atoms with Crippen molar-refractivity contribution in [2.75, 3.05) is 13.1 Å². The Morgan fingerprint density at radius 3 is 2.24 bits per heavy atom. The van der Waals surface area contributed by atoms with Gasteiger partial charge in [-0.1, -0.05) is 64.9 Å². The molecule has 0 aromatic heterocycles. The van der Waals surface area contributed by atoms with E-state index in [1.54, 1.807) is 25.7 Å². The number of nitrogens with one attached hydrogen (secondary N) is 3. The van der Waals surface area contributed by atoms with Gasteiger partial charge >= 0.3 is 6.09 Å². The zero-order chi connectivity index (χ0) is 30.4. The average Bonchev–Trinajstić information content (AvgIpc) is 3.21. The molecule has 1 saturated carbocycles. The maximum Gasteiger partial charge on any atom is 0.408 e. The van der Waals surface area contributed by atoms with Crippen molar-refractivity contribution >= 4 is 29.6 Å². The summed E-state index contributed by atoms with van der Waals surface area (Å²) in [5, 5.41) is 8.17. The van der Waals surface area contributed by atoms with Crippen LogP contribution in [0.15, 0.2) is 12.7 Å². The van der Waals surface area contributed by atoms with Crippen LogP contribution < -0.4 is 16.0 Å². The summed E-state index contributed by atoms with van der Waals surface area (Å²) >= 11 is 0. The Bertz CT molecular complexity index is 1000. The van der Waals surface area contributed by atoms with Crippen LogP contribution in [0.25, 0.3) is 0 Å². The number of nitrogens with zero attached hydrogens (tertiary/aromatic N) is 1. The predicted molar refractivity (Wildman–Crippen MR) is 156 cm³/mol. The monoisotopic (exact) mass is 574 g/mol. The number of fused-ring (bicyclic) bond motifs is 3. The van der Waals surface area contributed by atoms with Gasteiger partial charge in [-0.05, 0) is 57.3 Å². The number of carbonyl (C=O) groups is 5. The number of ketones is 1. The number of alkyl carbamates (subject to hydrolysis) is 1. The Morgan fingerprint density at radius 2 is 1.66 bits per heavy atom. The van der Waals surface area contributed by atoms with Crippen molar-refractivity contribution in [3.63, 3.8) is 0 Å². The second-order valence-electron chi connectivity index (χ2n) is 13.6. The fraction of sp³-hybridized carbons (Fsp3) is 0.774. The lowest BCUT2D eigenvalue weighted by Crippen LogP contribution is -2.58. The van der Waals surface area contributed by atoms with E-state index < -0.39 is 47.4 Å². The molecule has 0 spiro atoms. The van der Waals surface area contributed by atoms with Crippen molar-refractivity contribution in [3.05, 3.63) is 12.7 Å². The van der Waals surface area contributed by atoms with Crippen LogP contribution >= 0.6 is 0 Å². The highest BCUT2D eigenvalue weighted by Gasteiger charge is 2.60. The first-order valence-corrected chi connectivity index (χ1v) is 15.3. The van der Waals surface area contributed by atoms with Gasteiger partial charge in [0.05, 0.1) is 6.04 Å². The second-order valence-corrected chi connectivity index (χ2v) is 13.6. The molecule has 2 aliphatic heterocycles. The smallest absolute Gasteiger partial charge is 0.408 e. The van der Waals surface area contributed by atoms with E-state index >= 15 is 0 Å². The molecule has 0 aromatic rings. The Balaban J connectivity index is 1.89. The van der Waals surface area contributed by atoms with Crippen molar-refractivity contribution in [2.45, 2.75) is 123 Å². The molecule has 3 fully saturated rings. The molecule has 2 saturated heterocycles. The quantitative estimate of drug-likeness (QED) is 0.339. The van der Waals surface area contributed by atoms with Gasteiger partial charge in [0, 0.05) is 13.1 Å². The van der Waals surface area contributed by atoms with E-state index in [4.69, 9.17) is 4.74 Å². The van der Waals surface area contributed by atoms with Crippen LogP contribution in [-0.4, -0.2) is 71.3 Å². The number of rotatable bonds is 5. The van der Waals surface area contributed by atoms with Gasteiger partial charge in [-0.2, -0.15) is 0 Å². The van der Waals surface area contributed by atoms with Crippen LogP contribution in [0.2, 0.25) is 0 Å². The molecular weight excluding hydrogens is 524 g/mol. The molecule has 10 heteroatoms. The van der Waals surface area contributed by atoms with Crippen molar-refractivity contribution in [3.8, 4) is 0 Å². The Kier molecular flexibility index (Phi) is 11.0. The zero-order valence-electron chi connectivity index (χ0n) is 25.6. The summed E-state index contributed by atoms with van der Waals surface area (Å²) in [6, 6.07) is -2.57. The third-order valence-corrected chi connectivity index (χ3v) is 8.71. The van der Waals surface area contributed by atoms with Crippen LogP contribution in [-0.2, 0) is 23.9 Å². The normalized spacial score (nSPS) is 29.2. The molecule has 230 valence electrons. The number of carbonyl (C=O) groups excluding carboxylic acids is 5. The molecular formula is C31H50N4O6. The standard InChI is InChI=1S/C31H50N4O6/c1-7-17-32-27(38)25(36)22-15-13-11-9-8-10-12-14-16-23(34-29(40)41-30(2,3)4)28(39)35-19-21-20(18-31(21,5)6)24(35)26(37)33-22/h7,20-24H,1,8-19H2,2-6H3,(H,32,38)(H,33,37)(H,34,40)/t20?,21-,22-,23-,24?/m0/s1. The van der Waals surface area contributed by atoms with Crippen molar-refractivity contribution in [2.24, 2.45) is 17.3 Å². The van der Waals surface area contributed by atoms with Gasteiger partial charge in [-0.3, -0.25) is 19.2 Å². The second kappa shape index (κ2) is 13.8. The Morgan fingerprint density at radius 1 is 1.05 bits per heavy atom. The summed E-state index contributed by atoms with van der Waals surface area (Å²) in [6.07, 6.45) is 8.68. The highest BCUT2D eigenvalue weighted by molar-refractivity contribution is 6.38. The number of amides is 4. The molecule has 2 unspecified atom stereocenters. The number of hydrogen-bond donors (Lipinski definition) is 3. The molecule has 3 rings (SSSR count). The van der Waals surface area contributed by atoms with Crippen molar-refractivity contribution < 1.29 is 28.7 Å². The minimum atomic E-state index is -0.972.